The molecule has 7 nitrogen and oxygen atoms in total. The number of nitrogens with zero attached hydrogens (tertiary/aromatic N) is 4. The van der Waals surface area contributed by atoms with Gasteiger partial charge in [0, 0.05) is 0 Å². The summed E-state index contributed by atoms with van der Waals surface area (Å²) >= 11 is 5.79. The van der Waals surface area contributed by atoms with Crippen LogP contribution in [0.3, 0.4) is 0 Å². The smallest absolute Gasteiger partial charge is 0.269 e. The highest BCUT2D eigenvalue weighted by atomic mass is 35.5. The van der Waals surface area contributed by atoms with Crippen LogP contribution in [0.1, 0.15) is 0 Å². The molecular weight excluding hydrogens is 280 g/mol. The van der Waals surface area contributed by atoms with Gasteiger partial charge in [-0.25, -0.2) is 0 Å². The molecule has 94 valence electrons. The van der Waals surface area contributed by atoms with Gasteiger partial charge in [-0.3, -0.25) is 4.55 Å². The zero-order valence-corrected chi connectivity index (χ0v) is 10.4. The summed E-state index contributed by atoms with van der Waals surface area (Å²) in [5.74, 6) is -0.222. The highest BCUT2D eigenvalue weighted by Gasteiger charge is 2.25. The van der Waals surface area contributed by atoms with Crippen molar-refractivity contribution in [2.75, 3.05) is 4.31 Å². The molecule has 0 saturated carbocycles. The molecule has 0 aliphatic rings. The number of anilines is 2. The third-order valence-electron chi connectivity index (χ3n) is 1.99. The quantitative estimate of drug-likeness (QED) is 0.858. The molecule has 1 aromatic heterocycles. The SMILES string of the molecule is O=S(=O)(O)N(c1ccccc1)c1nnncc1Cl. The minimum Gasteiger partial charge on any atom is -0.269 e. The predicted octanol–water partition coefficient (Wildman–Crippen LogP) is 1.47. The van der Waals surface area contributed by atoms with Gasteiger partial charge < -0.3 is 0 Å². The molecule has 0 fully saturated rings. The fourth-order valence-electron chi connectivity index (χ4n) is 1.32. The van der Waals surface area contributed by atoms with Crippen molar-refractivity contribution in [1.29, 1.82) is 0 Å². The van der Waals surface area contributed by atoms with Crippen molar-refractivity contribution in [3.8, 4) is 0 Å². The van der Waals surface area contributed by atoms with E-state index < -0.39 is 10.3 Å². The Bertz CT molecular complexity index is 650. The van der Waals surface area contributed by atoms with Gasteiger partial charge in [-0.05, 0) is 17.3 Å². The third-order valence-corrected chi connectivity index (χ3v) is 3.10. The van der Waals surface area contributed by atoms with E-state index in [4.69, 9.17) is 11.6 Å². The van der Waals surface area contributed by atoms with Crippen molar-refractivity contribution in [2.45, 2.75) is 0 Å². The van der Waals surface area contributed by atoms with Crippen molar-refractivity contribution < 1.29 is 13.0 Å². The molecule has 0 aliphatic heterocycles. The Balaban J connectivity index is 2.63. The van der Waals surface area contributed by atoms with Crippen molar-refractivity contribution in [1.82, 2.24) is 15.4 Å². The van der Waals surface area contributed by atoms with Gasteiger partial charge in [0.2, 0.25) is 0 Å². The monoisotopic (exact) mass is 286 g/mol. The molecular formula is C9H7ClN4O3S. The van der Waals surface area contributed by atoms with Crippen LogP contribution >= 0.6 is 11.6 Å². The molecule has 18 heavy (non-hydrogen) atoms. The van der Waals surface area contributed by atoms with E-state index in [-0.39, 0.29) is 16.5 Å². The zero-order valence-electron chi connectivity index (χ0n) is 8.80. The number of benzene rings is 1. The second-order valence-electron chi connectivity index (χ2n) is 3.18. The van der Waals surface area contributed by atoms with Crippen LogP contribution in [-0.4, -0.2) is 28.4 Å². The Labute approximate surface area is 108 Å². The number of aromatic nitrogens is 3. The second kappa shape index (κ2) is 4.84. The lowest BCUT2D eigenvalue weighted by Crippen LogP contribution is -2.26. The molecule has 0 bridgehead atoms. The molecule has 1 aromatic carbocycles. The minimum atomic E-state index is -4.57. The van der Waals surface area contributed by atoms with E-state index in [1.807, 2.05) is 0 Å². The third kappa shape index (κ3) is 2.55. The normalized spacial score (nSPS) is 11.2. The molecule has 0 atom stereocenters. The fraction of sp³-hybridized carbons (Fsp3) is 0. The summed E-state index contributed by atoms with van der Waals surface area (Å²) in [6.07, 6.45) is 1.13. The molecule has 0 spiro atoms. The Morgan fingerprint density at radius 1 is 1.22 bits per heavy atom. The Morgan fingerprint density at radius 2 is 1.89 bits per heavy atom. The first kappa shape index (κ1) is 12.7. The average Bonchev–Trinajstić information content (AvgIpc) is 2.32. The number of rotatable bonds is 3. The molecule has 1 heterocycles. The van der Waals surface area contributed by atoms with Crippen LogP contribution in [0.15, 0.2) is 36.5 Å². The van der Waals surface area contributed by atoms with Crippen LogP contribution in [0, 0.1) is 0 Å². The van der Waals surface area contributed by atoms with E-state index in [1.54, 1.807) is 18.2 Å². The first-order chi connectivity index (χ1) is 8.50. The summed E-state index contributed by atoms with van der Waals surface area (Å²) in [6.45, 7) is 0. The van der Waals surface area contributed by atoms with Gasteiger partial charge in [0.1, 0.15) is 5.02 Å². The van der Waals surface area contributed by atoms with E-state index in [2.05, 4.69) is 15.4 Å². The minimum absolute atomic E-state index is 0.0496. The number of para-hydroxylation sites is 1. The molecule has 0 amide bonds. The van der Waals surface area contributed by atoms with Crippen molar-refractivity contribution >= 4 is 33.4 Å². The Kier molecular flexibility index (Phi) is 3.41. The van der Waals surface area contributed by atoms with Gasteiger partial charge in [-0.2, -0.15) is 12.7 Å². The molecule has 0 saturated heterocycles. The van der Waals surface area contributed by atoms with Crippen LogP contribution in [0.4, 0.5) is 11.5 Å². The Morgan fingerprint density at radius 3 is 2.44 bits per heavy atom. The van der Waals surface area contributed by atoms with Gasteiger partial charge in [-0.15, -0.1) is 10.2 Å². The van der Waals surface area contributed by atoms with E-state index in [0.717, 1.165) is 6.20 Å². The van der Waals surface area contributed by atoms with Gasteiger partial charge in [0.25, 0.3) is 0 Å². The van der Waals surface area contributed by atoms with E-state index >= 15 is 0 Å². The molecule has 2 aromatic rings. The molecule has 9 heteroatoms. The number of hydrogen-bond donors (Lipinski definition) is 1. The van der Waals surface area contributed by atoms with Crippen LogP contribution in [0.25, 0.3) is 0 Å². The summed E-state index contributed by atoms with van der Waals surface area (Å²) < 4.78 is 32.7. The second-order valence-corrected chi connectivity index (χ2v) is 4.85. The standard InChI is InChI=1S/C9H7ClN4O3S/c10-8-6-11-13-12-9(8)14(18(15,16)17)7-4-2-1-3-5-7/h1-6H,(H,15,16,17). The van der Waals surface area contributed by atoms with Crippen LogP contribution in [0.2, 0.25) is 5.02 Å². The lowest BCUT2D eigenvalue weighted by atomic mass is 10.3. The van der Waals surface area contributed by atoms with Gasteiger partial charge in [0.05, 0.1) is 11.9 Å². The summed E-state index contributed by atoms with van der Waals surface area (Å²) in [7, 11) is -4.57. The van der Waals surface area contributed by atoms with E-state index in [0.29, 0.717) is 4.31 Å². The summed E-state index contributed by atoms with van der Waals surface area (Å²) in [5, 5.41) is 10.2. The van der Waals surface area contributed by atoms with Gasteiger partial charge in [-0.1, -0.05) is 29.8 Å². The van der Waals surface area contributed by atoms with Crippen LogP contribution in [-0.2, 0) is 10.3 Å². The highest BCUT2D eigenvalue weighted by molar-refractivity contribution is 7.87. The van der Waals surface area contributed by atoms with E-state index in [9.17, 15) is 13.0 Å². The molecule has 0 aliphatic carbocycles. The Hall–Kier alpha value is -1.77. The molecule has 2 rings (SSSR count). The maximum absolute atomic E-state index is 11.4. The van der Waals surface area contributed by atoms with E-state index in [1.165, 1.54) is 12.1 Å². The van der Waals surface area contributed by atoms with Crippen molar-refractivity contribution in [2.24, 2.45) is 0 Å². The summed E-state index contributed by atoms with van der Waals surface area (Å²) in [6, 6.07) is 7.87. The summed E-state index contributed by atoms with van der Waals surface area (Å²) in [5.41, 5.74) is 0.183. The molecule has 0 radical (unpaired) electrons. The molecule has 1 N–H and O–H groups in total. The fourth-order valence-corrected chi connectivity index (χ4v) is 2.27. The first-order valence-corrected chi connectivity index (χ1v) is 6.44. The maximum Gasteiger partial charge on any atom is 0.365 e. The van der Waals surface area contributed by atoms with Gasteiger partial charge >= 0.3 is 10.3 Å². The highest BCUT2D eigenvalue weighted by Crippen LogP contribution is 2.30. The maximum atomic E-state index is 11.4. The largest absolute Gasteiger partial charge is 0.365 e. The van der Waals surface area contributed by atoms with Gasteiger partial charge in [0.15, 0.2) is 5.82 Å². The molecule has 0 unspecified atom stereocenters. The predicted molar refractivity (Wildman–Crippen MR) is 65.0 cm³/mol. The topological polar surface area (TPSA) is 96.3 Å². The van der Waals surface area contributed by atoms with Crippen molar-refractivity contribution in [3.63, 3.8) is 0 Å². The summed E-state index contributed by atoms with van der Waals surface area (Å²) in [4.78, 5) is 0. The zero-order chi connectivity index (χ0) is 13.2. The number of halogens is 1. The van der Waals surface area contributed by atoms with Crippen molar-refractivity contribution in [3.05, 3.63) is 41.6 Å². The van der Waals surface area contributed by atoms with Crippen LogP contribution in [0.5, 0.6) is 0 Å². The first-order valence-electron chi connectivity index (χ1n) is 4.67. The average molecular weight is 287 g/mol. The lowest BCUT2D eigenvalue weighted by Gasteiger charge is -2.19. The number of hydrogen-bond acceptors (Lipinski definition) is 5. The lowest BCUT2D eigenvalue weighted by molar-refractivity contribution is 0.483. The van der Waals surface area contributed by atoms with Crippen LogP contribution < -0.4 is 4.31 Å².